The van der Waals surface area contributed by atoms with Gasteiger partial charge in [-0.25, -0.2) is 42.0 Å². The normalized spacial score (nSPS) is 51.3. The number of fused-ring (bicyclic) bond motifs is 9. The van der Waals surface area contributed by atoms with Crippen LogP contribution in [0.2, 0.25) is 0 Å². The van der Waals surface area contributed by atoms with E-state index in [2.05, 4.69) is 126 Å². The van der Waals surface area contributed by atoms with E-state index >= 15 is 0 Å². The Balaban J connectivity index is 1.32. The van der Waals surface area contributed by atoms with Crippen LogP contribution in [0.5, 0.6) is 0 Å². The maximum Gasteiger partial charge on any atom is 0.167 e. The smallest absolute Gasteiger partial charge is 0.167 e. The molecule has 0 amide bonds. The topological polar surface area (TPSA) is 66.2 Å². The summed E-state index contributed by atoms with van der Waals surface area (Å²) >= 11 is 0. The van der Waals surface area contributed by atoms with Crippen molar-refractivity contribution < 1.29 is 0 Å². The van der Waals surface area contributed by atoms with Crippen LogP contribution in [0.25, 0.3) is 0 Å². The highest BCUT2D eigenvalue weighted by molar-refractivity contribution is 7.60. The Labute approximate surface area is 275 Å². The molecule has 0 aromatic rings. The second kappa shape index (κ2) is 10.9. The highest BCUT2D eigenvalue weighted by Gasteiger charge is 2.56. The van der Waals surface area contributed by atoms with Crippen molar-refractivity contribution in [3.63, 3.8) is 0 Å². The lowest BCUT2D eigenvalue weighted by molar-refractivity contribution is 0.0933. The van der Waals surface area contributed by atoms with Gasteiger partial charge in [-0.1, -0.05) is 20.8 Å². The molecule has 0 spiro atoms. The molecule has 45 heavy (non-hydrogen) atoms. The average molecular weight is 685 g/mol. The summed E-state index contributed by atoms with van der Waals surface area (Å²) in [5.74, 6) is 0. The van der Waals surface area contributed by atoms with Crippen LogP contribution in [0.1, 0.15) is 40.0 Å². The van der Waals surface area contributed by atoms with E-state index in [1.54, 1.807) is 0 Å². The second-order valence-electron chi connectivity index (χ2n) is 17.4. The molecule has 9 aliphatic heterocycles. The van der Waals surface area contributed by atoms with E-state index in [-0.39, 0.29) is 18.1 Å². The van der Waals surface area contributed by atoms with Crippen molar-refractivity contribution in [1.29, 1.82) is 0 Å². The van der Waals surface area contributed by atoms with Gasteiger partial charge >= 0.3 is 0 Å². The second-order valence-corrected chi connectivity index (χ2v) is 27.5. The van der Waals surface area contributed by atoms with E-state index in [1.807, 2.05) is 0 Å². The van der Waals surface area contributed by atoms with Crippen LogP contribution in [0, 0.1) is 16.2 Å². The summed E-state index contributed by atoms with van der Waals surface area (Å²) in [6.07, 6.45) is 3.13. The third-order valence-electron chi connectivity index (χ3n) is 12.2. The molecule has 0 N–H and O–H groups in total. The molecular formula is C30H63N12P3. The SMILES string of the molecule is CN1CC2(C)CN(C)P1(=NC1CC(N=P34N(C)CC(C)(CN3C)CN4C)CC(N=P34N(C)CC(C)(CN3C)CN4C)C1)N(C)C2. The molecule has 258 valence electrons. The monoisotopic (exact) mass is 684 g/mol. The zero-order chi connectivity index (χ0) is 32.5. The molecule has 0 atom stereocenters. The first kappa shape index (κ1) is 33.8. The van der Waals surface area contributed by atoms with Crippen molar-refractivity contribution >= 4 is 22.5 Å². The lowest BCUT2D eigenvalue weighted by atomic mass is 9.89. The van der Waals surface area contributed by atoms with E-state index in [0.29, 0.717) is 16.2 Å². The molecule has 0 radical (unpaired) electrons. The summed E-state index contributed by atoms with van der Waals surface area (Å²) in [6.45, 7) is 17.6. The third-order valence-corrected chi connectivity index (χ3v) is 23.6. The first-order valence-corrected chi connectivity index (χ1v) is 22.0. The Morgan fingerprint density at radius 2 is 0.511 bits per heavy atom. The lowest BCUT2D eigenvalue weighted by Crippen LogP contribution is -2.61. The maximum absolute atomic E-state index is 6.01. The number of hydrogen-bond acceptors (Lipinski definition) is 3. The highest BCUT2D eigenvalue weighted by Crippen LogP contribution is 2.70. The molecular weight excluding hydrogens is 621 g/mol. The molecule has 1 saturated carbocycles. The van der Waals surface area contributed by atoms with Gasteiger partial charge < -0.3 is 0 Å². The summed E-state index contributed by atoms with van der Waals surface area (Å²) in [6, 6.07) is 0.756. The fourth-order valence-corrected chi connectivity index (χ4v) is 24.5. The zero-order valence-electron chi connectivity index (χ0n) is 30.4. The van der Waals surface area contributed by atoms with Crippen LogP contribution in [0.15, 0.2) is 14.2 Å². The van der Waals surface area contributed by atoms with Gasteiger partial charge in [0.1, 0.15) is 0 Å². The predicted molar refractivity (Wildman–Crippen MR) is 191 cm³/mol. The fourth-order valence-electron chi connectivity index (χ4n) is 11.6. The number of rotatable bonds is 3. The first-order valence-electron chi connectivity index (χ1n) is 17.2. The third kappa shape index (κ3) is 4.98. The van der Waals surface area contributed by atoms with Crippen molar-refractivity contribution in [2.45, 2.75) is 58.2 Å². The molecule has 6 bridgehead atoms. The van der Waals surface area contributed by atoms with E-state index in [9.17, 15) is 0 Å². The molecule has 9 heterocycles. The van der Waals surface area contributed by atoms with Gasteiger partial charge in [0.15, 0.2) is 22.5 Å². The number of hydrogen-bond donors (Lipinski definition) is 0. The van der Waals surface area contributed by atoms with Crippen LogP contribution in [-0.4, -0.2) is 182 Å². The van der Waals surface area contributed by atoms with E-state index in [0.717, 1.165) is 78.2 Å². The largest absolute Gasteiger partial charge is 0.257 e. The van der Waals surface area contributed by atoms with Gasteiger partial charge in [0, 0.05) is 75.1 Å². The molecule has 0 unspecified atom stereocenters. The fraction of sp³-hybridized carbons (Fsp3) is 1.00. The molecule has 0 aromatic carbocycles. The van der Waals surface area contributed by atoms with Gasteiger partial charge in [0.2, 0.25) is 0 Å². The van der Waals surface area contributed by atoms with Crippen molar-refractivity contribution in [2.75, 3.05) is 122 Å². The lowest BCUT2D eigenvalue weighted by Gasteiger charge is -2.62. The Morgan fingerprint density at radius 1 is 0.356 bits per heavy atom. The summed E-state index contributed by atoms with van der Waals surface area (Å²) in [5.41, 5.74) is 0.909. The Bertz CT molecular complexity index is 1090. The highest BCUT2D eigenvalue weighted by atomic mass is 31.2. The Kier molecular flexibility index (Phi) is 8.20. The number of nitrogens with zero attached hydrogens (tertiary/aromatic N) is 12. The van der Waals surface area contributed by atoms with E-state index in [4.69, 9.17) is 14.2 Å². The molecule has 12 nitrogen and oxygen atoms in total. The predicted octanol–water partition coefficient (Wildman–Crippen LogP) is 4.60. The van der Waals surface area contributed by atoms with Gasteiger partial charge in [-0.3, -0.25) is 14.2 Å². The van der Waals surface area contributed by atoms with E-state index < -0.39 is 22.5 Å². The molecule has 10 fully saturated rings. The van der Waals surface area contributed by atoms with Gasteiger partial charge in [0.05, 0.1) is 18.1 Å². The summed E-state index contributed by atoms with van der Waals surface area (Å²) in [4.78, 5) is 0. The molecule has 9 saturated heterocycles. The molecule has 1 aliphatic carbocycles. The van der Waals surface area contributed by atoms with Crippen LogP contribution in [-0.2, 0) is 0 Å². The van der Waals surface area contributed by atoms with Crippen molar-refractivity contribution in [3.8, 4) is 0 Å². The Hall–Kier alpha value is 0.330. The molecule has 10 rings (SSSR count). The van der Waals surface area contributed by atoms with Gasteiger partial charge in [-0.2, -0.15) is 0 Å². The van der Waals surface area contributed by atoms with Crippen LogP contribution in [0.3, 0.4) is 0 Å². The van der Waals surface area contributed by atoms with Crippen LogP contribution in [0.4, 0.5) is 0 Å². The van der Waals surface area contributed by atoms with Crippen molar-refractivity contribution in [2.24, 2.45) is 30.5 Å². The summed E-state index contributed by atoms with van der Waals surface area (Å²) in [7, 11) is 15.2. The van der Waals surface area contributed by atoms with Crippen LogP contribution >= 0.6 is 22.5 Å². The summed E-state index contributed by atoms with van der Waals surface area (Å²) in [5, 5.41) is 0. The van der Waals surface area contributed by atoms with Gasteiger partial charge in [0.25, 0.3) is 0 Å². The minimum Gasteiger partial charge on any atom is -0.257 e. The quantitative estimate of drug-likeness (QED) is 0.397. The van der Waals surface area contributed by atoms with Crippen molar-refractivity contribution in [3.05, 3.63) is 0 Å². The molecule has 0 aromatic heterocycles. The average Bonchev–Trinajstić information content (AvgIpc) is 2.87. The standard InChI is InChI=1S/C30H63N12P3/c1-28-16-34(4)43(35(5)17-28,36(6)18-28)31-25-13-26(32-44-37(7)19-29(2,20-38(44)8)21-39(44)9)15-27(14-25)33-45-40(10)22-30(3,23-41(45)11)24-42(45)12/h25-27H,13-24H2,1-12H3. The van der Waals surface area contributed by atoms with E-state index in [1.165, 1.54) is 0 Å². The Morgan fingerprint density at radius 3 is 0.667 bits per heavy atom. The van der Waals surface area contributed by atoms with Crippen molar-refractivity contribution in [1.82, 2.24) is 42.0 Å². The minimum atomic E-state index is -1.95. The maximum atomic E-state index is 6.01. The van der Waals surface area contributed by atoms with Gasteiger partial charge in [-0.05, 0) is 82.7 Å². The summed E-state index contributed by atoms with van der Waals surface area (Å²) < 4.78 is 41.7. The minimum absolute atomic E-state index is 0.252. The molecule has 10 aliphatic rings. The molecule has 15 heteroatoms. The zero-order valence-corrected chi connectivity index (χ0v) is 33.1. The first-order chi connectivity index (χ1) is 20.9. The van der Waals surface area contributed by atoms with Crippen LogP contribution < -0.4 is 0 Å². The van der Waals surface area contributed by atoms with Gasteiger partial charge in [-0.15, -0.1) is 0 Å².